The molecule has 4 heteroatoms. The molecule has 0 saturated carbocycles. The highest BCUT2D eigenvalue weighted by atomic mass is 32.1. The van der Waals surface area contributed by atoms with Crippen molar-refractivity contribution in [2.75, 3.05) is 12.0 Å². The lowest BCUT2D eigenvalue weighted by Crippen LogP contribution is -2.23. The van der Waals surface area contributed by atoms with Crippen molar-refractivity contribution in [2.24, 2.45) is 0 Å². The monoisotopic (exact) mass is 143 g/mol. The summed E-state index contributed by atoms with van der Waals surface area (Å²) in [5.41, 5.74) is 3.00. The highest BCUT2D eigenvalue weighted by Crippen LogP contribution is 1.83. The van der Waals surface area contributed by atoms with Gasteiger partial charge in [-0.3, -0.25) is 5.41 Å². The Morgan fingerprint density at radius 2 is 2.67 bits per heavy atom. The van der Waals surface area contributed by atoms with Crippen LogP contribution in [0, 0.1) is 5.41 Å². The topological polar surface area (TPSA) is 40.8 Å². The van der Waals surface area contributed by atoms with Crippen molar-refractivity contribution < 1.29 is 0 Å². The first kappa shape index (κ1) is 6.35. The van der Waals surface area contributed by atoms with Crippen molar-refractivity contribution in [3.63, 3.8) is 0 Å². The average molecular weight is 143 g/mol. The summed E-state index contributed by atoms with van der Waals surface area (Å²) in [6, 6.07) is 0. The number of rotatable bonds is 2. The van der Waals surface area contributed by atoms with Crippen LogP contribution < -0.4 is 10.2 Å². The van der Waals surface area contributed by atoms with Gasteiger partial charge in [0.2, 0.25) is 4.80 Å². The molecule has 0 radical (unpaired) electrons. The van der Waals surface area contributed by atoms with Gasteiger partial charge in [-0.25, -0.2) is 4.68 Å². The van der Waals surface area contributed by atoms with E-state index >= 15 is 0 Å². The zero-order chi connectivity index (χ0) is 6.69. The number of nitrogens with one attached hydrogen (secondary N) is 2. The van der Waals surface area contributed by atoms with E-state index in [0.717, 1.165) is 6.54 Å². The van der Waals surface area contributed by atoms with Crippen LogP contribution in [0.1, 0.15) is 6.92 Å². The van der Waals surface area contributed by atoms with Gasteiger partial charge in [0.1, 0.15) is 0 Å². The third kappa shape index (κ3) is 1.32. The Bertz CT molecular complexity index is 224. The smallest absolute Gasteiger partial charge is 0.200 e. The molecule has 1 rings (SSSR count). The summed E-state index contributed by atoms with van der Waals surface area (Å²) in [5.74, 6) is 0. The largest absolute Gasteiger partial charge is 0.324 e. The van der Waals surface area contributed by atoms with Gasteiger partial charge in [-0.05, 0) is 6.92 Å². The molecule has 0 amide bonds. The SMILES string of the molecule is CCNn1ccsc1=N. The minimum atomic E-state index is 0.539. The number of aromatic nitrogens is 1. The van der Waals surface area contributed by atoms with E-state index in [9.17, 15) is 0 Å². The highest BCUT2D eigenvalue weighted by Gasteiger charge is 1.85. The quantitative estimate of drug-likeness (QED) is 0.625. The standard InChI is InChI=1S/C5H9N3S/c1-2-7-8-3-4-9-5(8)6/h3-4,6-7H,2H2,1H3. The molecular weight excluding hydrogens is 134 g/mol. The fourth-order valence-corrected chi connectivity index (χ4v) is 1.13. The predicted octanol–water partition coefficient (Wildman–Crippen LogP) is 0.592. The summed E-state index contributed by atoms with van der Waals surface area (Å²) in [5, 5.41) is 9.15. The van der Waals surface area contributed by atoms with E-state index in [1.807, 2.05) is 18.5 Å². The lowest BCUT2D eigenvalue weighted by atomic mass is 10.8. The van der Waals surface area contributed by atoms with Crippen LogP contribution in [0.15, 0.2) is 11.6 Å². The fraction of sp³-hybridized carbons (Fsp3) is 0.400. The summed E-state index contributed by atoms with van der Waals surface area (Å²) < 4.78 is 1.70. The molecule has 0 spiro atoms. The van der Waals surface area contributed by atoms with Gasteiger partial charge in [-0.1, -0.05) is 0 Å². The van der Waals surface area contributed by atoms with Crippen LogP contribution in [-0.2, 0) is 0 Å². The summed E-state index contributed by atoms with van der Waals surface area (Å²) in [6.45, 7) is 2.86. The Morgan fingerprint density at radius 3 is 3.11 bits per heavy atom. The van der Waals surface area contributed by atoms with Gasteiger partial charge < -0.3 is 5.43 Å². The first-order valence-electron chi connectivity index (χ1n) is 2.79. The molecule has 9 heavy (non-hydrogen) atoms. The Kier molecular flexibility index (Phi) is 1.89. The summed E-state index contributed by atoms with van der Waals surface area (Å²) in [7, 11) is 0. The van der Waals surface area contributed by atoms with E-state index < -0.39 is 0 Å². The second-order valence-corrected chi connectivity index (χ2v) is 2.48. The first-order chi connectivity index (χ1) is 4.34. The Hall–Kier alpha value is -0.770. The molecule has 0 saturated heterocycles. The van der Waals surface area contributed by atoms with Crippen LogP contribution in [0.3, 0.4) is 0 Å². The van der Waals surface area contributed by atoms with Crippen molar-refractivity contribution in [1.29, 1.82) is 5.41 Å². The molecule has 1 aromatic heterocycles. The molecule has 3 nitrogen and oxygen atoms in total. The molecule has 0 aliphatic rings. The van der Waals surface area contributed by atoms with Gasteiger partial charge in [0.05, 0.1) is 0 Å². The first-order valence-corrected chi connectivity index (χ1v) is 3.67. The van der Waals surface area contributed by atoms with Crippen molar-refractivity contribution in [2.45, 2.75) is 6.92 Å². The van der Waals surface area contributed by atoms with Gasteiger partial charge in [-0.2, -0.15) is 0 Å². The predicted molar refractivity (Wildman–Crippen MR) is 38.1 cm³/mol. The third-order valence-electron chi connectivity index (χ3n) is 0.937. The lowest BCUT2D eigenvalue weighted by molar-refractivity contribution is 0.821. The summed E-state index contributed by atoms with van der Waals surface area (Å²) >= 11 is 1.41. The fourth-order valence-electron chi connectivity index (χ4n) is 0.575. The molecule has 0 atom stereocenters. The molecule has 0 aromatic carbocycles. The van der Waals surface area contributed by atoms with Crippen LogP contribution in [0.25, 0.3) is 0 Å². The minimum absolute atomic E-state index is 0.539. The molecule has 0 aliphatic carbocycles. The molecule has 50 valence electrons. The minimum Gasteiger partial charge on any atom is -0.324 e. The van der Waals surface area contributed by atoms with Crippen molar-refractivity contribution in [3.8, 4) is 0 Å². The summed E-state index contributed by atoms with van der Waals surface area (Å²) in [6.07, 6.45) is 1.84. The van der Waals surface area contributed by atoms with E-state index in [2.05, 4.69) is 5.43 Å². The van der Waals surface area contributed by atoms with Gasteiger partial charge in [0.25, 0.3) is 0 Å². The second kappa shape index (κ2) is 2.68. The van der Waals surface area contributed by atoms with Gasteiger partial charge in [0.15, 0.2) is 0 Å². The van der Waals surface area contributed by atoms with Gasteiger partial charge in [-0.15, -0.1) is 11.3 Å². The van der Waals surface area contributed by atoms with E-state index in [1.54, 1.807) is 4.68 Å². The number of thiazole rings is 1. The van der Waals surface area contributed by atoms with E-state index in [0.29, 0.717) is 4.80 Å². The van der Waals surface area contributed by atoms with Crippen LogP contribution in [0.4, 0.5) is 0 Å². The van der Waals surface area contributed by atoms with Crippen molar-refractivity contribution in [3.05, 3.63) is 16.4 Å². The third-order valence-corrected chi connectivity index (χ3v) is 1.61. The van der Waals surface area contributed by atoms with E-state index in [-0.39, 0.29) is 0 Å². The number of hydrogen-bond acceptors (Lipinski definition) is 3. The summed E-state index contributed by atoms with van der Waals surface area (Å²) in [4.78, 5) is 0.539. The van der Waals surface area contributed by atoms with Gasteiger partial charge in [0, 0.05) is 18.1 Å². The molecule has 0 aliphatic heterocycles. The maximum absolute atomic E-state index is 7.27. The van der Waals surface area contributed by atoms with E-state index in [1.165, 1.54) is 11.3 Å². The number of hydrogen-bond donors (Lipinski definition) is 2. The van der Waals surface area contributed by atoms with Crippen molar-refractivity contribution >= 4 is 11.3 Å². The molecule has 0 fully saturated rings. The number of nitrogens with zero attached hydrogens (tertiary/aromatic N) is 1. The van der Waals surface area contributed by atoms with Crippen LogP contribution >= 0.6 is 11.3 Å². The molecular formula is C5H9N3S. The Balaban J connectivity index is 2.81. The van der Waals surface area contributed by atoms with Crippen LogP contribution in [0.2, 0.25) is 0 Å². The molecule has 0 bridgehead atoms. The molecule has 2 N–H and O–H groups in total. The normalized spacial score (nSPS) is 9.44. The van der Waals surface area contributed by atoms with Crippen LogP contribution in [-0.4, -0.2) is 11.2 Å². The van der Waals surface area contributed by atoms with Gasteiger partial charge >= 0.3 is 0 Å². The molecule has 1 heterocycles. The lowest BCUT2D eigenvalue weighted by Gasteiger charge is -2.00. The second-order valence-electron chi connectivity index (χ2n) is 1.59. The molecule has 1 aromatic rings. The van der Waals surface area contributed by atoms with E-state index in [4.69, 9.17) is 5.41 Å². The average Bonchev–Trinajstić information content (AvgIpc) is 2.18. The zero-order valence-corrected chi connectivity index (χ0v) is 6.03. The maximum atomic E-state index is 7.27. The highest BCUT2D eigenvalue weighted by molar-refractivity contribution is 7.06. The Morgan fingerprint density at radius 1 is 1.89 bits per heavy atom. The zero-order valence-electron chi connectivity index (χ0n) is 5.22. The van der Waals surface area contributed by atoms with Crippen LogP contribution in [0.5, 0.6) is 0 Å². The van der Waals surface area contributed by atoms with Crippen molar-refractivity contribution in [1.82, 2.24) is 4.68 Å². The molecule has 0 unspecified atom stereocenters. The Labute approximate surface area is 57.4 Å². The maximum Gasteiger partial charge on any atom is 0.200 e.